The van der Waals surface area contributed by atoms with Gasteiger partial charge in [-0.3, -0.25) is 14.7 Å². The Morgan fingerprint density at radius 3 is 2.73 bits per heavy atom. The van der Waals surface area contributed by atoms with E-state index in [-0.39, 0.29) is 5.92 Å². The third-order valence-electron chi connectivity index (χ3n) is 4.95. The van der Waals surface area contributed by atoms with Gasteiger partial charge in [-0.25, -0.2) is 0 Å². The summed E-state index contributed by atoms with van der Waals surface area (Å²) < 4.78 is 0. The van der Waals surface area contributed by atoms with Crippen molar-refractivity contribution in [3.8, 4) is 0 Å². The van der Waals surface area contributed by atoms with Gasteiger partial charge in [0, 0.05) is 32.4 Å². The Morgan fingerprint density at radius 2 is 2.05 bits per heavy atom. The van der Waals surface area contributed by atoms with Gasteiger partial charge in [-0.15, -0.1) is 0 Å². The first kappa shape index (κ1) is 15.5. The van der Waals surface area contributed by atoms with Crippen LogP contribution in [0.5, 0.6) is 0 Å². The van der Waals surface area contributed by atoms with Crippen LogP contribution < -0.4 is 0 Å². The molecule has 1 aromatic rings. The van der Waals surface area contributed by atoms with Crippen LogP contribution in [0, 0.1) is 5.92 Å². The van der Waals surface area contributed by atoms with Crippen molar-refractivity contribution >= 4 is 5.91 Å². The lowest BCUT2D eigenvalue weighted by molar-refractivity contribution is -0.136. The van der Waals surface area contributed by atoms with Crippen molar-refractivity contribution in [2.24, 2.45) is 5.92 Å². The van der Waals surface area contributed by atoms with E-state index in [0.29, 0.717) is 5.91 Å². The smallest absolute Gasteiger partial charge is 0.226 e. The van der Waals surface area contributed by atoms with Gasteiger partial charge in [0.2, 0.25) is 5.91 Å². The van der Waals surface area contributed by atoms with E-state index in [1.807, 2.05) is 6.20 Å². The second-order valence-corrected chi connectivity index (χ2v) is 6.62. The molecule has 2 aliphatic rings. The van der Waals surface area contributed by atoms with E-state index >= 15 is 0 Å². The number of hydrogen-bond acceptors (Lipinski definition) is 3. The van der Waals surface area contributed by atoms with Gasteiger partial charge in [0.25, 0.3) is 0 Å². The molecule has 4 nitrogen and oxygen atoms in total. The van der Waals surface area contributed by atoms with Crippen LogP contribution >= 0.6 is 0 Å². The SMILES string of the molecule is CCc1ccc(CN2CCCC(C(=O)N3CCCC3)C2)nc1. The molecule has 1 amide bonds. The van der Waals surface area contributed by atoms with Crippen molar-refractivity contribution in [3.05, 3.63) is 29.6 Å². The number of aromatic nitrogens is 1. The molecular weight excluding hydrogens is 274 g/mol. The summed E-state index contributed by atoms with van der Waals surface area (Å²) in [6.45, 7) is 6.93. The molecule has 120 valence electrons. The molecule has 0 aromatic carbocycles. The predicted octanol–water partition coefficient (Wildman–Crippen LogP) is 2.48. The normalized spacial score (nSPS) is 23.0. The van der Waals surface area contributed by atoms with Crippen LogP contribution in [0.2, 0.25) is 0 Å². The molecule has 1 aromatic heterocycles. The number of piperidine rings is 1. The van der Waals surface area contributed by atoms with Gasteiger partial charge in [-0.1, -0.05) is 13.0 Å². The summed E-state index contributed by atoms with van der Waals surface area (Å²) >= 11 is 0. The summed E-state index contributed by atoms with van der Waals surface area (Å²) in [5, 5.41) is 0. The number of carbonyl (C=O) groups excluding carboxylic acids is 1. The van der Waals surface area contributed by atoms with Crippen LogP contribution in [-0.2, 0) is 17.8 Å². The maximum atomic E-state index is 12.6. The standard InChI is InChI=1S/C18H27N3O/c1-2-15-7-8-17(19-12-15)14-20-9-5-6-16(13-20)18(22)21-10-3-4-11-21/h7-8,12,16H,2-6,9-11,13-14H2,1H3. The van der Waals surface area contributed by atoms with Gasteiger partial charge in [0.05, 0.1) is 11.6 Å². The molecule has 4 heteroatoms. The number of nitrogens with zero attached hydrogens (tertiary/aromatic N) is 3. The van der Waals surface area contributed by atoms with E-state index < -0.39 is 0 Å². The fourth-order valence-electron chi connectivity index (χ4n) is 3.58. The lowest BCUT2D eigenvalue weighted by atomic mass is 9.96. The number of hydrogen-bond donors (Lipinski definition) is 0. The average molecular weight is 301 g/mol. The Kier molecular flexibility index (Phi) is 5.08. The summed E-state index contributed by atoms with van der Waals surface area (Å²) in [6.07, 6.45) is 7.53. The monoisotopic (exact) mass is 301 g/mol. The van der Waals surface area contributed by atoms with E-state index in [2.05, 4.69) is 33.8 Å². The molecule has 1 atom stereocenters. The number of rotatable bonds is 4. The Hall–Kier alpha value is -1.42. The van der Waals surface area contributed by atoms with Crippen molar-refractivity contribution < 1.29 is 4.79 Å². The first-order valence-corrected chi connectivity index (χ1v) is 8.71. The minimum absolute atomic E-state index is 0.196. The molecule has 2 saturated heterocycles. The zero-order valence-electron chi connectivity index (χ0n) is 13.6. The molecule has 2 fully saturated rings. The number of likely N-dealkylation sites (tertiary alicyclic amines) is 2. The highest BCUT2D eigenvalue weighted by atomic mass is 16.2. The highest BCUT2D eigenvalue weighted by molar-refractivity contribution is 5.79. The number of amides is 1. The second-order valence-electron chi connectivity index (χ2n) is 6.62. The maximum Gasteiger partial charge on any atom is 0.226 e. The summed E-state index contributed by atoms with van der Waals surface area (Å²) in [4.78, 5) is 21.6. The first-order chi connectivity index (χ1) is 10.8. The summed E-state index contributed by atoms with van der Waals surface area (Å²) in [7, 11) is 0. The van der Waals surface area contributed by atoms with E-state index in [0.717, 1.165) is 57.7 Å². The molecule has 3 rings (SSSR count). The van der Waals surface area contributed by atoms with Crippen LogP contribution in [0.4, 0.5) is 0 Å². The topological polar surface area (TPSA) is 36.4 Å². The zero-order chi connectivity index (χ0) is 15.4. The van der Waals surface area contributed by atoms with Crippen molar-refractivity contribution in [2.75, 3.05) is 26.2 Å². The Balaban J connectivity index is 1.56. The summed E-state index contributed by atoms with van der Waals surface area (Å²) in [6, 6.07) is 4.30. The van der Waals surface area contributed by atoms with Crippen LogP contribution in [0.1, 0.15) is 43.9 Å². The number of pyridine rings is 1. The van der Waals surface area contributed by atoms with Crippen molar-refractivity contribution in [1.82, 2.24) is 14.8 Å². The Morgan fingerprint density at radius 1 is 1.23 bits per heavy atom. The fourth-order valence-corrected chi connectivity index (χ4v) is 3.58. The third-order valence-corrected chi connectivity index (χ3v) is 4.95. The second kappa shape index (κ2) is 7.23. The summed E-state index contributed by atoms with van der Waals surface area (Å²) in [5.74, 6) is 0.582. The molecule has 0 radical (unpaired) electrons. The van der Waals surface area contributed by atoms with Gasteiger partial charge in [0.15, 0.2) is 0 Å². The minimum Gasteiger partial charge on any atom is -0.342 e. The number of carbonyl (C=O) groups is 1. The van der Waals surface area contributed by atoms with Gasteiger partial charge < -0.3 is 4.90 Å². The lowest BCUT2D eigenvalue weighted by Crippen LogP contribution is -2.43. The predicted molar refractivity (Wildman–Crippen MR) is 87.4 cm³/mol. The quantitative estimate of drug-likeness (QED) is 0.857. The van der Waals surface area contributed by atoms with Crippen LogP contribution in [0.15, 0.2) is 18.3 Å². The molecule has 1 unspecified atom stereocenters. The highest BCUT2D eigenvalue weighted by Gasteiger charge is 2.30. The van der Waals surface area contributed by atoms with Crippen LogP contribution in [0.3, 0.4) is 0 Å². The summed E-state index contributed by atoms with van der Waals surface area (Å²) in [5.41, 5.74) is 2.40. The van der Waals surface area contributed by atoms with E-state index in [1.54, 1.807) is 0 Å². The highest BCUT2D eigenvalue weighted by Crippen LogP contribution is 2.22. The fraction of sp³-hybridized carbons (Fsp3) is 0.667. The third kappa shape index (κ3) is 3.67. The van der Waals surface area contributed by atoms with Crippen LogP contribution in [-0.4, -0.2) is 46.9 Å². The molecule has 2 aliphatic heterocycles. The molecule has 0 bridgehead atoms. The van der Waals surface area contributed by atoms with Gasteiger partial charge in [-0.2, -0.15) is 0 Å². The van der Waals surface area contributed by atoms with Gasteiger partial charge >= 0.3 is 0 Å². The molecule has 3 heterocycles. The molecule has 22 heavy (non-hydrogen) atoms. The van der Waals surface area contributed by atoms with Gasteiger partial charge in [-0.05, 0) is 50.3 Å². The van der Waals surface area contributed by atoms with Gasteiger partial charge in [0.1, 0.15) is 0 Å². The molecule has 0 N–H and O–H groups in total. The van der Waals surface area contributed by atoms with Crippen LogP contribution in [0.25, 0.3) is 0 Å². The average Bonchev–Trinajstić information content (AvgIpc) is 3.09. The largest absolute Gasteiger partial charge is 0.342 e. The molecule has 0 aliphatic carbocycles. The zero-order valence-corrected chi connectivity index (χ0v) is 13.6. The first-order valence-electron chi connectivity index (χ1n) is 8.71. The van der Waals surface area contributed by atoms with E-state index in [1.165, 1.54) is 18.4 Å². The minimum atomic E-state index is 0.196. The van der Waals surface area contributed by atoms with Crippen molar-refractivity contribution in [1.29, 1.82) is 0 Å². The van der Waals surface area contributed by atoms with Crippen molar-refractivity contribution in [2.45, 2.75) is 45.6 Å². The molecule has 0 saturated carbocycles. The lowest BCUT2D eigenvalue weighted by Gasteiger charge is -2.33. The number of aryl methyl sites for hydroxylation is 1. The van der Waals surface area contributed by atoms with Crippen molar-refractivity contribution in [3.63, 3.8) is 0 Å². The maximum absolute atomic E-state index is 12.6. The molecular formula is C18H27N3O. The van der Waals surface area contributed by atoms with E-state index in [4.69, 9.17) is 0 Å². The molecule has 0 spiro atoms. The Bertz CT molecular complexity index is 494. The van der Waals surface area contributed by atoms with E-state index in [9.17, 15) is 4.79 Å². The Labute approximate surface area is 133 Å².